The molecule has 1 rings (SSSR count). The van der Waals surface area contributed by atoms with Crippen molar-refractivity contribution in [2.75, 3.05) is 19.0 Å². The Hall–Kier alpha value is -1.26. The van der Waals surface area contributed by atoms with E-state index < -0.39 is 17.6 Å². The molecule has 0 aliphatic carbocycles. The molecule has 0 radical (unpaired) electrons. The quantitative estimate of drug-likeness (QED) is 0.640. The zero-order valence-corrected chi connectivity index (χ0v) is 7.69. The molecule has 0 aromatic heterocycles. The molecule has 78 valence electrons. The average Bonchev–Trinajstić information content (AvgIpc) is 2.01. The van der Waals surface area contributed by atoms with Crippen LogP contribution in [-0.4, -0.2) is 14.1 Å². The highest BCUT2D eigenvalue weighted by molar-refractivity contribution is 5.48. The minimum atomic E-state index is -4.49. The maximum absolute atomic E-state index is 13.1. The van der Waals surface area contributed by atoms with Crippen LogP contribution in [0.15, 0.2) is 18.2 Å². The molecule has 14 heavy (non-hydrogen) atoms. The predicted octanol–water partition coefficient (Wildman–Crippen LogP) is 2.91. The van der Waals surface area contributed by atoms with Crippen LogP contribution in [0, 0.1) is 5.82 Å². The second kappa shape index (κ2) is 3.48. The third-order valence-electron chi connectivity index (χ3n) is 1.76. The molecule has 0 bridgehead atoms. The molecule has 0 spiro atoms. The first-order valence-electron chi connectivity index (χ1n) is 3.86. The summed E-state index contributed by atoms with van der Waals surface area (Å²) in [5, 5.41) is 0. The van der Waals surface area contributed by atoms with Crippen molar-refractivity contribution in [1.82, 2.24) is 0 Å². The largest absolute Gasteiger partial charge is 0.416 e. The number of anilines is 1. The molecule has 0 N–H and O–H groups in total. The lowest BCUT2D eigenvalue weighted by atomic mass is 10.2. The normalized spacial score (nSPS) is 11.6. The van der Waals surface area contributed by atoms with E-state index in [-0.39, 0.29) is 5.69 Å². The smallest absolute Gasteiger partial charge is 0.375 e. The minimum Gasteiger partial charge on any atom is -0.375 e. The summed E-state index contributed by atoms with van der Waals surface area (Å²) in [5.74, 6) is -0.871. The van der Waals surface area contributed by atoms with E-state index in [1.54, 1.807) is 14.1 Å². The predicted molar refractivity (Wildman–Crippen MR) is 45.7 cm³/mol. The molecule has 5 heteroatoms. The summed E-state index contributed by atoms with van der Waals surface area (Å²) in [6, 6.07) is 2.46. The maximum atomic E-state index is 13.1. The minimum absolute atomic E-state index is 0.137. The second-order valence-electron chi connectivity index (χ2n) is 3.06. The molecule has 0 fully saturated rings. The molecule has 1 nitrogen and oxygen atoms in total. The summed E-state index contributed by atoms with van der Waals surface area (Å²) < 4.78 is 49.5. The van der Waals surface area contributed by atoms with Crippen LogP contribution in [0.25, 0.3) is 0 Å². The van der Waals surface area contributed by atoms with E-state index in [0.717, 1.165) is 12.1 Å². The van der Waals surface area contributed by atoms with Crippen molar-refractivity contribution in [1.29, 1.82) is 0 Å². The number of halogens is 4. The van der Waals surface area contributed by atoms with Gasteiger partial charge in [-0.2, -0.15) is 13.2 Å². The van der Waals surface area contributed by atoms with Gasteiger partial charge in [0.1, 0.15) is 5.82 Å². The Morgan fingerprint density at radius 3 is 2.07 bits per heavy atom. The van der Waals surface area contributed by atoms with Gasteiger partial charge in [0.15, 0.2) is 0 Å². The third-order valence-corrected chi connectivity index (χ3v) is 1.76. The fourth-order valence-corrected chi connectivity index (χ4v) is 1.05. The van der Waals surface area contributed by atoms with Crippen molar-refractivity contribution in [3.63, 3.8) is 0 Å². The molecule has 0 unspecified atom stereocenters. The van der Waals surface area contributed by atoms with Crippen LogP contribution in [0.5, 0.6) is 0 Å². The number of nitrogens with zero attached hydrogens (tertiary/aromatic N) is 1. The lowest BCUT2D eigenvalue weighted by molar-refractivity contribution is -0.137. The first-order valence-corrected chi connectivity index (χ1v) is 3.86. The lowest BCUT2D eigenvalue weighted by Crippen LogP contribution is -2.12. The Bertz CT molecular complexity index is 330. The van der Waals surface area contributed by atoms with Crippen LogP contribution in [0.2, 0.25) is 0 Å². The zero-order valence-electron chi connectivity index (χ0n) is 7.69. The van der Waals surface area contributed by atoms with Gasteiger partial charge in [-0.15, -0.1) is 0 Å². The Balaban J connectivity index is 3.13. The van der Waals surface area contributed by atoms with Crippen molar-refractivity contribution in [2.45, 2.75) is 6.18 Å². The van der Waals surface area contributed by atoms with Crippen LogP contribution >= 0.6 is 0 Å². The summed E-state index contributed by atoms with van der Waals surface area (Å²) in [6.45, 7) is 0. The summed E-state index contributed by atoms with van der Waals surface area (Å²) in [7, 11) is 3.12. The fraction of sp³-hybridized carbons (Fsp3) is 0.333. The molecule has 0 atom stereocenters. The van der Waals surface area contributed by atoms with Gasteiger partial charge in [-0.3, -0.25) is 0 Å². The highest BCUT2D eigenvalue weighted by Crippen LogP contribution is 2.31. The Kier molecular flexibility index (Phi) is 2.69. The van der Waals surface area contributed by atoms with Crippen molar-refractivity contribution in [3.05, 3.63) is 29.6 Å². The van der Waals surface area contributed by atoms with Crippen molar-refractivity contribution >= 4 is 5.69 Å². The van der Waals surface area contributed by atoms with Crippen molar-refractivity contribution in [2.24, 2.45) is 0 Å². The summed E-state index contributed by atoms with van der Waals surface area (Å²) >= 11 is 0. The number of rotatable bonds is 1. The van der Waals surface area contributed by atoms with E-state index >= 15 is 0 Å². The monoisotopic (exact) mass is 207 g/mol. The van der Waals surface area contributed by atoms with E-state index in [1.165, 1.54) is 4.90 Å². The van der Waals surface area contributed by atoms with Gasteiger partial charge in [-0.1, -0.05) is 0 Å². The molecular formula is C9H9F4N. The first kappa shape index (κ1) is 10.8. The van der Waals surface area contributed by atoms with Crippen molar-refractivity contribution < 1.29 is 17.6 Å². The standard InChI is InChI=1S/C9H9F4N/c1-14(2)8-4-3-6(5-7(8)10)9(11,12)13/h3-5H,1-2H3. The molecule has 0 heterocycles. The molecule has 0 aliphatic rings. The molecular weight excluding hydrogens is 198 g/mol. The van der Waals surface area contributed by atoms with E-state index in [4.69, 9.17) is 0 Å². The van der Waals surface area contributed by atoms with Crippen LogP contribution in [0.3, 0.4) is 0 Å². The SMILES string of the molecule is CN(C)c1ccc(C(F)(F)F)cc1F. The van der Waals surface area contributed by atoms with E-state index in [0.29, 0.717) is 6.07 Å². The summed E-state index contributed by atoms with van der Waals surface area (Å²) in [6.07, 6.45) is -4.49. The van der Waals surface area contributed by atoms with E-state index in [2.05, 4.69) is 0 Å². The highest BCUT2D eigenvalue weighted by Gasteiger charge is 2.31. The van der Waals surface area contributed by atoms with Gasteiger partial charge in [0.2, 0.25) is 0 Å². The van der Waals surface area contributed by atoms with Gasteiger partial charge in [0, 0.05) is 14.1 Å². The van der Waals surface area contributed by atoms with Gasteiger partial charge in [0.25, 0.3) is 0 Å². The number of hydrogen-bond donors (Lipinski definition) is 0. The number of hydrogen-bond acceptors (Lipinski definition) is 1. The van der Waals surface area contributed by atoms with Gasteiger partial charge in [0.05, 0.1) is 11.3 Å². The van der Waals surface area contributed by atoms with Gasteiger partial charge >= 0.3 is 6.18 Å². The van der Waals surface area contributed by atoms with Crippen molar-refractivity contribution in [3.8, 4) is 0 Å². The molecule has 1 aromatic carbocycles. The van der Waals surface area contributed by atoms with Gasteiger partial charge < -0.3 is 4.90 Å². The van der Waals surface area contributed by atoms with E-state index in [1.807, 2.05) is 0 Å². The zero-order chi connectivity index (χ0) is 10.9. The van der Waals surface area contributed by atoms with Gasteiger partial charge in [-0.25, -0.2) is 4.39 Å². The Morgan fingerprint density at radius 2 is 1.71 bits per heavy atom. The molecule has 0 saturated heterocycles. The maximum Gasteiger partial charge on any atom is 0.416 e. The Labute approximate surface area is 78.9 Å². The fourth-order valence-electron chi connectivity index (χ4n) is 1.05. The average molecular weight is 207 g/mol. The molecule has 0 amide bonds. The highest BCUT2D eigenvalue weighted by atomic mass is 19.4. The van der Waals surface area contributed by atoms with Crippen LogP contribution in [-0.2, 0) is 6.18 Å². The first-order chi connectivity index (χ1) is 6.32. The number of alkyl halides is 3. The summed E-state index contributed by atoms with van der Waals surface area (Å²) in [5.41, 5.74) is -0.835. The molecule has 0 saturated carbocycles. The number of benzene rings is 1. The van der Waals surface area contributed by atoms with Gasteiger partial charge in [-0.05, 0) is 18.2 Å². The Morgan fingerprint density at radius 1 is 1.14 bits per heavy atom. The molecule has 0 aliphatic heterocycles. The summed E-state index contributed by atoms with van der Waals surface area (Å²) in [4.78, 5) is 1.41. The van der Waals surface area contributed by atoms with Crippen LogP contribution < -0.4 is 4.90 Å². The lowest BCUT2D eigenvalue weighted by Gasteiger charge is -2.15. The van der Waals surface area contributed by atoms with E-state index in [9.17, 15) is 17.6 Å². The third kappa shape index (κ3) is 2.16. The topological polar surface area (TPSA) is 3.24 Å². The van der Waals surface area contributed by atoms with Crippen LogP contribution in [0.4, 0.5) is 23.2 Å². The molecule has 1 aromatic rings. The second-order valence-corrected chi connectivity index (χ2v) is 3.06. The van der Waals surface area contributed by atoms with Crippen LogP contribution in [0.1, 0.15) is 5.56 Å².